The van der Waals surface area contributed by atoms with Gasteiger partial charge in [-0.1, -0.05) is 0 Å². The molecule has 2 atom stereocenters. The number of aliphatic hydroxyl groups excluding tert-OH is 1. The zero-order valence-electron chi connectivity index (χ0n) is 6.58. The van der Waals surface area contributed by atoms with Gasteiger partial charge in [-0.2, -0.15) is 0 Å². The minimum atomic E-state index is -0.405. The molecule has 2 fully saturated rings. The molecule has 3 nitrogen and oxygen atoms in total. The molecule has 2 saturated heterocycles. The van der Waals surface area contributed by atoms with E-state index in [1.807, 2.05) is 0 Å². The Labute approximate surface area is 66.3 Å². The fourth-order valence-corrected chi connectivity index (χ4v) is 1.85. The second-order valence-electron chi connectivity index (χ2n) is 3.36. The van der Waals surface area contributed by atoms with E-state index in [4.69, 9.17) is 9.47 Å². The Morgan fingerprint density at radius 3 is 2.73 bits per heavy atom. The summed E-state index contributed by atoms with van der Waals surface area (Å²) in [6, 6.07) is 0. The van der Waals surface area contributed by atoms with Gasteiger partial charge in [0.05, 0.1) is 19.3 Å². The zero-order chi connectivity index (χ0) is 7.73. The van der Waals surface area contributed by atoms with Crippen LogP contribution in [-0.2, 0) is 9.47 Å². The highest BCUT2D eigenvalue weighted by Gasteiger charge is 2.40. The Hall–Kier alpha value is -0.120. The first-order valence-electron chi connectivity index (χ1n) is 4.27. The summed E-state index contributed by atoms with van der Waals surface area (Å²) in [6.07, 6.45) is 3.20. The summed E-state index contributed by atoms with van der Waals surface area (Å²) in [6.45, 7) is 1.42. The molecule has 0 aromatic carbocycles. The summed E-state index contributed by atoms with van der Waals surface area (Å²) in [4.78, 5) is 0. The van der Waals surface area contributed by atoms with Crippen LogP contribution < -0.4 is 0 Å². The lowest BCUT2D eigenvalue weighted by Crippen LogP contribution is -2.41. The van der Waals surface area contributed by atoms with E-state index in [2.05, 4.69) is 0 Å². The SMILES string of the molecule is O[C@@H]1CCO[C@@]2(CCCO2)C1. The van der Waals surface area contributed by atoms with Gasteiger partial charge in [-0.15, -0.1) is 0 Å². The summed E-state index contributed by atoms with van der Waals surface area (Å²) in [5.74, 6) is -0.405. The summed E-state index contributed by atoms with van der Waals surface area (Å²) >= 11 is 0. The lowest BCUT2D eigenvalue weighted by molar-refractivity contribution is -0.247. The number of rotatable bonds is 0. The average Bonchev–Trinajstić information content (AvgIpc) is 2.37. The van der Waals surface area contributed by atoms with Crippen molar-refractivity contribution in [3.63, 3.8) is 0 Å². The third-order valence-electron chi connectivity index (χ3n) is 2.43. The number of ether oxygens (including phenoxy) is 2. The quantitative estimate of drug-likeness (QED) is 0.563. The van der Waals surface area contributed by atoms with E-state index >= 15 is 0 Å². The van der Waals surface area contributed by atoms with Crippen LogP contribution in [0.15, 0.2) is 0 Å². The Kier molecular flexibility index (Phi) is 1.87. The molecule has 0 bridgehead atoms. The van der Waals surface area contributed by atoms with Crippen molar-refractivity contribution in [1.82, 2.24) is 0 Å². The molecule has 2 heterocycles. The van der Waals surface area contributed by atoms with E-state index in [-0.39, 0.29) is 6.10 Å². The van der Waals surface area contributed by atoms with Crippen LogP contribution in [0.5, 0.6) is 0 Å². The third kappa shape index (κ3) is 1.41. The van der Waals surface area contributed by atoms with Gasteiger partial charge in [0.2, 0.25) is 0 Å². The van der Waals surface area contributed by atoms with Crippen molar-refractivity contribution in [3.8, 4) is 0 Å². The average molecular weight is 158 g/mol. The molecule has 0 unspecified atom stereocenters. The zero-order valence-corrected chi connectivity index (χ0v) is 6.58. The van der Waals surface area contributed by atoms with Crippen LogP contribution >= 0.6 is 0 Å². The van der Waals surface area contributed by atoms with Crippen molar-refractivity contribution < 1.29 is 14.6 Å². The maximum Gasteiger partial charge on any atom is 0.170 e. The van der Waals surface area contributed by atoms with Gasteiger partial charge in [0.25, 0.3) is 0 Å². The lowest BCUT2D eigenvalue weighted by Gasteiger charge is -2.35. The lowest BCUT2D eigenvalue weighted by atomic mass is 10.0. The monoisotopic (exact) mass is 158 g/mol. The highest BCUT2D eigenvalue weighted by Crippen LogP contribution is 2.35. The van der Waals surface area contributed by atoms with Gasteiger partial charge in [-0.25, -0.2) is 0 Å². The molecule has 64 valence electrons. The molecular weight excluding hydrogens is 144 g/mol. The smallest absolute Gasteiger partial charge is 0.170 e. The molecule has 2 rings (SSSR count). The minimum absolute atomic E-state index is 0.221. The molecule has 0 aliphatic carbocycles. The first-order valence-corrected chi connectivity index (χ1v) is 4.27. The van der Waals surface area contributed by atoms with Gasteiger partial charge in [0.1, 0.15) is 0 Å². The van der Waals surface area contributed by atoms with Crippen LogP contribution in [0.4, 0.5) is 0 Å². The van der Waals surface area contributed by atoms with E-state index in [0.29, 0.717) is 13.0 Å². The second kappa shape index (κ2) is 2.73. The summed E-state index contributed by atoms with van der Waals surface area (Å²) in [5.41, 5.74) is 0. The van der Waals surface area contributed by atoms with E-state index < -0.39 is 5.79 Å². The molecule has 1 spiro atoms. The molecule has 2 aliphatic rings. The van der Waals surface area contributed by atoms with Crippen LogP contribution in [0.25, 0.3) is 0 Å². The molecule has 1 N–H and O–H groups in total. The number of hydrogen-bond donors (Lipinski definition) is 1. The van der Waals surface area contributed by atoms with Crippen LogP contribution in [0.3, 0.4) is 0 Å². The summed E-state index contributed by atoms with van der Waals surface area (Å²) in [7, 11) is 0. The molecule has 0 aromatic heterocycles. The molecule has 0 saturated carbocycles. The predicted molar refractivity (Wildman–Crippen MR) is 39.1 cm³/mol. The first kappa shape index (κ1) is 7.53. The number of hydrogen-bond acceptors (Lipinski definition) is 3. The van der Waals surface area contributed by atoms with E-state index in [0.717, 1.165) is 25.9 Å². The predicted octanol–water partition coefficient (Wildman–Crippen LogP) is 0.664. The number of aliphatic hydroxyl groups is 1. The second-order valence-corrected chi connectivity index (χ2v) is 3.36. The van der Waals surface area contributed by atoms with Gasteiger partial charge >= 0.3 is 0 Å². The van der Waals surface area contributed by atoms with Gasteiger partial charge in [-0.3, -0.25) is 0 Å². The molecule has 0 aromatic rings. The minimum Gasteiger partial charge on any atom is -0.393 e. The third-order valence-corrected chi connectivity index (χ3v) is 2.43. The van der Waals surface area contributed by atoms with Crippen molar-refractivity contribution >= 4 is 0 Å². The van der Waals surface area contributed by atoms with E-state index in [1.165, 1.54) is 0 Å². The summed E-state index contributed by atoms with van der Waals surface area (Å²) in [5, 5.41) is 9.37. The maximum absolute atomic E-state index is 9.37. The Morgan fingerprint density at radius 2 is 2.09 bits per heavy atom. The molecule has 11 heavy (non-hydrogen) atoms. The van der Waals surface area contributed by atoms with Crippen LogP contribution in [0.1, 0.15) is 25.7 Å². The van der Waals surface area contributed by atoms with Gasteiger partial charge in [0, 0.05) is 12.8 Å². The summed E-state index contributed by atoms with van der Waals surface area (Å²) < 4.78 is 11.0. The van der Waals surface area contributed by atoms with Crippen molar-refractivity contribution in [2.24, 2.45) is 0 Å². The van der Waals surface area contributed by atoms with Crippen molar-refractivity contribution in [2.45, 2.75) is 37.6 Å². The fourth-order valence-electron chi connectivity index (χ4n) is 1.85. The van der Waals surface area contributed by atoms with Gasteiger partial charge in [-0.05, 0) is 12.8 Å². The van der Waals surface area contributed by atoms with Crippen LogP contribution in [0, 0.1) is 0 Å². The first-order chi connectivity index (χ1) is 5.31. The molecule has 2 aliphatic heterocycles. The van der Waals surface area contributed by atoms with E-state index in [9.17, 15) is 5.11 Å². The highest BCUT2D eigenvalue weighted by atomic mass is 16.7. The molecule has 3 heteroatoms. The standard InChI is InChI=1S/C8H14O3/c9-7-2-5-11-8(6-7)3-1-4-10-8/h7,9H,1-6H2/t7-,8+/m1/s1. The largest absolute Gasteiger partial charge is 0.393 e. The van der Waals surface area contributed by atoms with Crippen molar-refractivity contribution in [3.05, 3.63) is 0 Å². The fraction of sp³-hybridized carbons (Fsp3) is 1.00. The Bertz CT molecular complexity index is 140. The Morgan fingerprint density at radius 1 is 1.27 bits per heavy atom. The molecule has 0 radical (unpaired) electrons. The van der Waals surface area contributed by atoms with Crippen molar-refractivity contribution in [2.75, 3.05) is 13.2 Å². The maximum atomic E-state index is 9.37. The van der Waals surface area contributed by atoms with Crippen LogP contribution in [-0.4, -0.2) is 30.2 Å². The molecule has 0 amide bonds. The van der Waals surface area contributed by atoms with Gasteiger partial charge in [0.15, 0.2) is 5.79 Å². The topological polar surface area (TPSA) is 38.7 Å². The van der Waals surface area contributed by atoms with E-state index in [1.54, 1.807) is 0 Å². The van der Waals surface area contributed by atoms with Crippen LogP contribution in [0.2, 0.25) is 0 Å². The molecular formula is C8H14O3. The Balaban J connectivity index is 2.00. The highest BCUT2D eigenvalue weighted by molar-refractivity contribution is 4.82. The van der Waals surface area contributed by atoms with Gasteiger partial charge < -0.3 is 14.6 Å². The normalized spacial score (nSPS) is 45.0. The van der Waals surface area contributed by atoms with Crippen molar-refractivity contribution in [1.29, 1.82) is 0 Å².